The Kier molecular flexibility index (Phi) is 3.38. The molecule has 2 aromatic heterocycles. The summed E-state index contributed by atoms with van der Waals surface area (Å²) >= 11 is 0.432. The lowest BCUT2D eigenvalue weighted by Crippen LogP contribution is -2.23. The quantitative estimate of drug-likeness (QED) is 0.802. The summed E-state index contributed by atoms with van der Waals surface area (Å²) in [4.78, 5) is 14.8. The third kappa shape index (κ3) is 2.37. The van der Waals surface area contributed by atoms with Crippen LogP contribution in [0.1, 0.15) is 11.5 Å². The highest BCUT2D eigenvalue weighted by Crippen LogP contribution is 2.34. The number of aromatic nitrogens is 3. The van der Waals surface area contributed by atoms with Gasteiger partial charge >= 0.3 is 11.7 Å². The van der Waals surface area contributed by atoms with E-state index in [2.05, 4.69) is 20.3 Å². The van der Waals surface area contributed by atoms with Crippen LogP contribution in [0, 0.1) is 0 Å². The molecule has 3 N–H and O–H groups in total. The van der Waals surface area contributed by atoms with Crippen LogP contribution in [0.15, 0.2) is 24.4 Å². The van der Waals surface area contributed by atoms with Crippen molar-refractivity contribution < 1.29 is 4.21 Å². The number of pyridine rings is 1. The van der Waals surface area contributed by atoms with Crippen molar-refractivity contribution in [3.8, 4) is 0 Å². The van der Waals surface area contributed by atoms with Crippen molar-refractivity contribution in [3.05, 3.63) is 35.9 Å². The van der Waals surface area contributed by atoms with E-state index in [-0.39, 0.29) is 5.75 Å². The second kappa shape index (κ2) is 5.33. The van der Waals surface area contributed by atoms with Crippen LogP contribution in [0.4, 0.5) is 17.3 Å². The van der Waals surface area contributed by atoms with E-state index in [1.54, 1.807) is 6.20 Å². The molecule has 0 bridgehead atoms. The number of rotatable bonds is 4. The van der Waals surface area contributed by atoms with E-state index in [1.165, 1.54) is 0 Å². The van der Waals surface area contributed by atoms with Gasteiger partial charge in [0.25, 0.3) is 5.75 Å². The van der Waals surface area contributed by atoms with Gasteiger partial charge in [-0.2, -0.15) is 0 Å². The maximum absolute atomic E-state index is 10.6. The molecule has 0 unspecified atom stereocenters. The number of anilines is 3. The van der Waals surface area contributed by atoms with Crippen LogP contribution in [0.5, 0.6) is 0 Å². The van der Waals surface area contributed by atoms with Crippen molar-refractivity contribution in [3.63, 3.8) is 0 Å². The van der Waals surface area contributed by atoms with Crippen LogP contribution in [-0.2, 0) is 28.2 Å². The number of fused-ring (bicyclic) bond motifs is 1. The van der Waals surface area contributed by atoms with Crippen molar-refractivity contribution in [1.29, 1.82) is 0 Å². The number of nitrogens with two attached hydrogens (primary N) is 1. The van der Waals surface area contributed by atoms with E-state index in [9.17, 15) is 4.21 Å². The standard InChI is InChI=1S/C12H13N6OS/c13-11-10-12(17-9(16-11)6-20-19)18(7-15-10)5-8-3-1-2-4-14-8/h1-4,15H,5-7H2,(H2,13,16,17)/q+1. The summed E-state index contributed by atoms with van der Waals surface area (Å²) in [6, 6.07) is 5.78. The van der Waals surface area contributed by atoms with Gasteiger partial charge in [-0.3, -0.25) is 4.98 Å². The summed E-state index contributed by atoms with van der Waals surface area (Å²) in [6.45, 7) is 1.22. The first-order chi connectivity index (χ1) is 9.78. The van der Waals surface area contributed by atoms with Crippen LogP contribution in [-0.4, -0.2) is 21.6 Å². The smallest absolute Gasteiger partial charge is 0.382 e. The molecule has 0 amide bonds. The highest BCUT2D eigenvalue weighted by Gasteiger charge is 2.25. The first-order valence-corrected chi connectivity index (χ1v) is 6.99. The Labute approximate surface area is 119 Å². The van der Waals surface area contributed by atoms with Crippen molar-refractivity contribution in [2.45, 2.75) is 12.3 Å². The fraction of sp³-hybridized carbons (Fsp3) is 0.250. The molecule has 0 radical (unpaired) electrons. The molecule has 0 aliphatic carbocycles. The highest BCUT2D eigenvalue weighted by molar-refractivity contribution is 7.64. The SMILES string of the molecule is Nc1nc(C[S+]=O)nc2c1NCN2Cc1ccccn1. The molecule has 0 saturated carbocycles. The van der Waals surface area contributed by atoms with Gasteiger partial charge < -0.3 is 16.0 Å². The van der Waals surface area contributed by atoms with Gasteiger partial charge in [-0.25, -0.2) is 9.97 Å². The van der Waals surface area contributed by atoms with E-state index in [0.29, 0.717) is 36.5 Å². The van der Waals surface area contributed by atoms with Gasteiger partial charge in [-0.15, -0.1) is 0 Å². The zero-order valence-electron chi connectivity index (χ0n) is 10.6. The molecule has 20 heavy (non-hydrogen) atoms. The third-order valence-corrected chi connectivity index (χ3v) is 3.35. The second-order valence-electron chi connectivity index (χ2n) is 4.34. The average molecular weight is 289 g/mol. The molecule has 2 aromatic rings. The number of nitrogen functional groups attached to an aromatic ring is 1. The summed E-state index contributed by atoms with van der Waals surface area (Å²) in [5, 5.41) is 3.17. The minimum atomic E-state index is 0.203. The van der Waals surface area contributed by atoms with Gasteiger partial charge in [0.15, 0.2) is 17.5 Å². The Balaban J connectivity index is 1.90. The lowest BCUT2D eigenvalue weighted by atomic mass is 10.3. The second-order valence-corrected chi connectivity index (χ2v) is 4.86. The van der Waals surface area contributed by atoms with Crippen LogP contribution < -0.4 is 16.0 Å². The minimum Gasteiger partial charge on any atom is -0.382 e. The monoisotopic (exact) mass is 289 g/mol. The van der Waals surface area contributed by atoms with Crippen molar-refractivity contribution >= 4 is 29.0 Å². The number of hydrogen-bond donors (Lipinski definition) is 2. The summed E-state index contributed by atoms with van der Waals surface area (Å²) in [5.41, 5.74) is 7.56. The molecule has 0 atom stereocenters. The predicted octanol–water partition coefficient (Wildman–Crippen LogP) is 0.771. The van der Waals surface area contributed by atoms with E-state index in [4.69, 9.17) is 5.73 Å². The average Bonchev–Trinajstić information content (AvgIpc) is 2.84. The normalized spacial score (nSPS) is 12.9. The fourth-order valence-electron chi connectivity index (χ4n) is 2.10. The Hall–Kier alpha value is -2.35. The van der Waals surface area contributed by atoms with Crippen molar-refractivity contribution in [2.75, 3.05) is 22.6 Å². The molecule has 0 spiro atoms. The highest BCUT2D eigenvalue weighted by atomic mass is 32.1. The molecule has 1 aliphatic heterocycles. The maximum Gasteiger partial charge on any atom is 0.467 e. The number of nitrogens with zero attached hydrogens (tertiary/aromatic N) is 4. The predicted molar refractivity (Wildman–Crippen MR) is 77.1 cm³/mol. The van der Waals surface area contributed by atoms with Gasteiger partial charge in [0.05, 0.1) is 18.9 Å². The molecule has 1 aliphatic rings. The number of nitrogens with one attached hydrogen (secondary N) is 1. The molecule has 0 aromatic carbocycles. The van der Waals surface area contributed by atoms with Gasteiger partial charge in [-0.05, 0) is 12.1 Å². The first-order valence-electron chi connectivity index (χ1n) is 6.08. The third-order valence-electron chi connectivity index (χ3n) is 2.98. The minimum absolute atomic E-state index is 0.203. The van der Waals surface area contributed by atoms with Crippen LogP contribution in [0.2, 0.25) is 0 Å². The Bertz CT molecular complexity index is 635. The zero-order chi connectivity index (χ0) is 13.9. The maximum atomic E-state index is 10.6. The van der Waals surface area contributed by atoms with E-state index in [1.807, 2.05) is 23.1 Å². The Morgan fingerprint density at radius 3 is 3.05 bits per heavy atom. The van der Waals surface area contributed by atoms with E-state index < -0.39 is 0 Å². The summed E-state index contributed by atoms with van der Waals surface area (Å²) < 4.78 is 10.6. The first kappa shape index (κ1) is 12.7. The Morgan fingerprint density at radius 1 is 1.40 bits per heavy atom. The lowest BCUT2D eigenvalue weighted by Gasteiger charge is -2.16. The molecule has 0 saturated heterocycles. The molecule has 3 rings (SSSR count). The molecule has 8 heteroatoms. The van der Waals surface area contributed by atoms with E-state index in [0.717, 1.165) is 17.2 Å². The molecule has 0 fully saturated rings. The van der Waals surface area contributed by atoms with Gasteiger partial charge in [0.2, 0.25) is 0 Å². The summed E-state index contributed by atoms with van der Waals surface area (Å²) in [7, 11) is 0. The number of hydrogen-bond acceptors (Lipinski definition) is 7. The van der Waals surface area contributed by atoms with E-state index >= 15 is 0 Å². The van der Waals surface area contributed by atoms with Gasteiger partial charge in [0, 0.05) is 10.4 Å². The topological polar surface area (TPSA) is 97.0 Å². The van der Waals surface area contributed by atoms with Crippen LogP contribution in [0.3, 0.4) is 0 Å². The molecule has 3 heterocycles. The van der Waals surface area contributed by atoms with Gasteiger partial charge in [0.1, 0.15) is 5.69 Å². The summed E-state index contributed by atoms with van der Waals surface area (Å²) in [5.74, 6) is 1.76. The van der Waals surface area contributed by atoms with Crippen LogP contribution >= 0.6 is 0 Å². The van der Waals surface area contributed by atoms with Gasteiger partial charge in [-0.1, -0.05) is 6.07 Å². The van der Waals surface area contributed by atoms with Crippen molar-refractivity contribution in [1.82, 2.24) is 15.0 Å². The lowest BCUT2D eigenvalue weighted by molar-refractivity contribution is 0.604. The molecule has 7 nitrogen and oxygen atoms in total. The Morgan fingerprint density at radius 2 is 2.30 bits per heavy atom. The fourth-order valence-corrected chi connectivity index (χ4v) is 2.33. The molecular formula is C12H13N6OS+. The van der Waals surface area contributed by atoms with Crippen molar-refractivity contribution in [2.24, 2.45) is 0 Å². The zero-order valence-corrected chi connectivity index (χ0v) is 11.4. The largest absolute Gasteiger partial charge is 0.467 e. The summed E-state index contributed by atoms with van der Waals surface area (Å²) in [6.07, 6.45) is 1.76. The molecule has 102 valence electrons. The molecular weight excluding hydrogens is 276 g/mol. The van der Waals surface area contributed by atoms with Crippen LogP contribution in [0.25, 0.3) is 0 Å².